The van der Waals surface area contributed by atoms with E-state index >= 15 is 0 Å². The van der Waals surface area contributed by atoms with Gasteiger partial charge in [-0.1, -0.05) is 44.0 Å². The van der Waals surface area contributed by atoms with Gasteiger partial charge in [-0.15, -0.1) is 0 Å². The maximum Gasteiger partial charge on any atom is 0.125 e. The molecule has 0 rings (SSSR count). The van der Waals surface area contributed by atoms with Crippen LogP contribution in [0.5, 0.6) is 0 Å². The molecule has 0 N–H and O–H groups in total. The molecular formula is C12H14O. The Morgan fingerprint density at radius 3 is 2.23 bits per heavy atom. The fourth-order valence-corrected chi connectivity index (χ4v) is 0.578. The molecule has 0 amide bonds. The Morgan fingerprint density at radius 1 is 0.923 bits per heavy atom. The highest BCUT2D eigenvalue weighted by molar-refractivity contribution is 5.16. The Hall–Kier alpha value is -1.76. The van der Waals surface area contributed by atoms with Crippen molar-refractivity contribution in [2.45, 2.75) is 0 Å². The SMILES string of the molecule is C=C/C=C\C=C/O/C(C=C)=C/C=C. The van der Waals surface area contributed by atoms with E-state index in [9.17, 15) is 0 Å². The lowest BCUT2D eigenvalue weighted by molar-refractivity contribution is 0.369. The fraction of sp³-hybridized carbons (Fsp3) is 0. The molecule has 0 unspecified atom stereocenters. The average molecular weight is 174 g/mol. The van der Waals surface area contributed by atoms with Gasteiger partial charge in [0.15, 0.2) is 0 Å². The summed E-state index contributed by atoms with van der Waals surface area (Å²) in [5.74, 6) is 0.665. The molecule has 0 atom stereocenters. The second-order valence-corrected chi connectivity index (χ2v) is 2.08. The summed E-state index contributed by atoms with van der Waals surface area (Å²) in [7, 11) is 0. The minimum absolute atomic E-state index is 0.665. The van der Waals surface area contributed by atoms with Crippen molar-refractivity contribution in [3.05, 3.63) is 74.3 Å². The van der Waals surface area contributed by atoms with Crippen molar-refractivity contribution in [2.75, 3.05) is 0 Å². The molecule has 0 aliphatic heterocycles. The maximum absolute atomic E-state index is 5.18. The van der Waals surface area contributed by atoms with Gasteiger partial charge in [-0.05, 0) is 18.2 Å². The Bertz CT molecular complexity index is 254. The molecule has 0 aliphatic rings. The summed E-state index contributed by atoms with van der Waals surface area (Å²) in [6.07, 6.45) is 13.6. The van der Waals surface area contributed by atoms with Crippen LogP contribution in [-0.2, 0) is 4.74 Å². The molecule has 0 spiro atoms. The van der Waals surface area contributed by atoms with Crippen molar-refractivity contribution >= 4 is 0 Å². The Kier molecular flexibility index (Phi) is 7.21. The number of rotatable bonds is 6. The number of allylic oxidation sites excluding steroid dienone is 7. The average Bonchev–Trinajstić information content (AvgIpc) is 2.16. The lowest BCUT2D eigenvalue weighted by Crippen LogP contribution is -1.77. The van der Waals surface area contributed by atoms with Crippen LogP contribution in [0.25, 0.3) is 0 Å². The second kappa shape index (κ2) is 8.34. The molecule has 0 radical (unpaired) electrons. The van der Waals surface area contributed by atoms with Crippen LogP contribution in [0.4, 0.5) is 0 Å². The van der Waals surface area contributed by atoms with E-state index in [2.05, 4.69) is 19.7 Å². The van der Waals surface area contributed by atoms with Gasteiger partial charge in [0.1, 0.15) is 5.76 Å². The topological polar surface area (TPSA) is 9.23 Å². The molecule has 0 saturated heterocycles. The molecule has 0 aromatic heterocycles. The van der Waals surface area contributed by atoms with E-state index in [1.807, 2.05) is 12.2 Å². The van der Waals surface area contributed by atoms with Crippen LogP contribution in [0.3, 0.4) is 0 Å². The first-order chi connectivity index (χ1) is 6.35. The predicted molar refractivity (Wildman–Crippen MR) is 58.0 cm³/mol. The van der Waals surface area contributed by atoms with Crippen molar-refractivity contribution in [1.82, 2.24) is 0 Å². The van der Waals surface area contributed by atoms with Crippen LogP contribution in [0.15, 0.2) is 74.3 Å². The zero-order valence-electron chi connectivity index (χ0n) is 7.65. The van der Waals surface area contributed by atoms with Crippen molar-refractivity contribution < 1.29 is 4.74 Å². The molecule has 1 heteroatoms. The zero-order chi connectivity index (χ0) is 9.94. The second-order valence-electron chi connectivity index (χ2n) is 2.08. The number of hydrogen-bond acceptors (Lipinski definition) is 1. The monoisotopic (exact) mass is 174 g/mol. The van der Waals surface area contributed by atoms with Gasteiger partial charge in [0.05, 0.1) is 6.26 Å². The summed E-state index contributed by atoms with van der Waals surface area (Å²) in [6, 6.07) is 0. The first-order valence-corrected chi connectivity index (χ1v) is 3.91. The van der Waals surface area contributed by atoms with Crippen molar-refractivity contribution in [3.63, 3.8) is 0 Å². The molecule has 13 heavy (non-hydrogen) atoms. The highest BCUT2D eigenvalue weighted by Crippen LogP contribution is 1.99. The van der Waals surface area contributed by atoms with Gasteiger partial charge in [0, 0.05) is 0 Å². The van der Waals surface area contributed by atoms with Crippen LogP contribution >= 0.6 is 0 Å². The normalized spacial score (nSPS) is 11.8. The van der Waals surface area contributed by atoms with E-state index in [-0.39, 0.29) is 0 Å². The van der Waals surface area contributed by atoms with Crippen molar-refractivity contribution in [2.24, 2.45) is 0 Å². The lowest BCUT2D eigenvalue weighted by atomic mass is 10.4. The van der Waals surface area contributed by atoms with Gasteiger partial charge in [0.25, 0.3) is 0 Å². The first kappa shape index (κ1) is 11.2. The molecule has 0 heterocycles. The van der Waals surface area contributed by atoms with Gasteiger partial charge in [-0.3, -0.25) is 0 Å². The van der Waals surface area contributed by atoms with E-state index in [4.69, 9.17) is 4.74 Å². The number of hydrogen-bond donors (Lipinski definition) is 0. The largest absolute Gasteiger partial charge is 0.465 e. The van der Waals surface area contributed by atoms with Crippen molar-refractivity contribution in [3.8, 4) is 0 Å². The summed E-state index contributed by atoms with van der Waals surface area (Å²) < 4.78 is 5.18. The zero-order valence-corrected chi connectivity index (χ0v) is 7.65. The molecule has 1 nitrogen and oxygen atoms in total. The van der Waals surface area contributed by atoms with Gasteiger partial charge in [-0.2, -0.15) is 0 Å². The molecule has 0 saturated carbocycles. The smallest absolute Gasteiger partial charge is 0.125 e. The van der Waals surface area contributed by atoms with Crippen molar-refractivity contribution in [1.29, 1.82) is 0 Å². The van der Waals surface area contributed by atoms with Gasteiger partial charge >= 0.3 is 0 Å². The van der Waals surface area contributed by atoms with Gasteiger partial charge in [0.2, 0.25) is 0 Å². The van der Waals surface area contributed by atoms with Crippen LogP contribution in [0, 0.1) is 0 Å². The Balaban J connectivity index is 3.98. The summed E-state index contributed by atoms with van der Waals surface area (Å²) in [5, 5.41) is 0. The minimum atomic E-state index is 0.665. The van der Waals surface area contributed by atoms with E-state index in [1.165, 1.54) is 0 Å². The lowest BCUT2D eigenvalue weighted by Gasteiger charge is -1.96. The Morgan fingerprint density at radius 2 is 1.69 bits per heavy atom. The van der Waals surface area contributed by atoms with Crippen LogP contribution in [0.1, 0.15) is 0 Å². The molecule has 68 valence electrons. The summed E-state index contributed by atoms with van der Waals surface area (Å²) in [5.41, 5.74) is 0. The van der Waals surface area contributed by atoms with Crippen LogP contribution < -0.4 is 0 Å². The van der Waals surface area contributed by atoms with E-state index < -0.39 is 0 Å². The molecule has 0 bridgehead atoms. The first-order valence-electron chi connectivity index (χ1n) is 3.91. The van der Waals surface area contributed by atoms with Crippen LogP contribution in [0.2, 0.25) is 0 Å². The van der Waals surface area contributed by atoms with E-state index in [0.717, 1.165) is 0 Å². The quantitative estimate of drug-likeness (QED) is 0.442. The fourth-order valence-electron chi connectivity index (χ4n) is 0.578. The standard InChI is InChI=1S/C12H14O/c1-4-7-8-9-11-13-12(6-3)10-5-2/h4-11H,1-3H2/b8-7-,11-9-,12-10+. The van der Waals surface area contributed by atoms with Crippen LogP contribution in [-0.4, -0.2) is 0 Å². The van der Waals surface area contributed by atoms with Gasteiger partial charge < -0.3 is 4.74 Å². The third-order valence-electron chi connectivity index (χ3n) is 1.12. The van der Waals surface area contributed by atoms with E-state index in [1.54, 1.807) is 36.6 Å². The summed E-state index contributed by atoms with van der Waals surface area (Å²) in [6.45, 7) is 10.7. The highest BCUT2D eigenvalue weighted by Gasteiger charge is 1.83. The predicted octanol–water partition coefficient (Wildman–Crippen LogP) is 3.51. The van der Waals surface area contributed by atoms with E-state index in [0.29, 0.717) is 5.76 Å². The number of ether oxygens (including phenoxy) is 1. The molecule has 0 aromatic rings. The highest BCUT2D eigenvalue weighted by atomic mass is 16.5. The molecular weight excluding hydrogens is 160 g/mol. The third-order valence-corrected chi connectivity index (χ3v) is 1.12. The molecule has 0 aliphatic carbocycles. The summed E-state index contributed by atoms with van der Waals surface area (Å²) in [4.78, 5) is 0. The minimum Gasteiger partial charge on any atom is -0.465 e. The molecule has 0 fully saturated rings. The summed E-state index contributed by atoms with van der Waals surface area (Å²) >= 11 is 0. The third kappa shape index (κ3) is 6.63. The maximum atomic E-state index is 5.18. The molecule has 0 aromatic carbocycles. The Labute approximate surface area is 79.7 Å². The van der Waals surface area contributed by atoms with Gasteiger partial charge in [-0.25, -0.2) is 0 Å².